The molecule has 0 saturated heterocycles. The zero-order chi connectivity index (χ0) is 22.7. The summed E-state index contributed by atoms with van der Waals surface area (Å²) in [4.78, 5) is 12.5. The van der Waals surface area contributed by atoms with Gasteiger partial charge in [0.15, 0.2) is 10.9 Å². The SMILES string of the molecule is C=CCn1c(SCC(=O)Nc2cc(Cl)ccc2OC)nnc1-c1cc2cc(Cl)ccc2o1. The zero-order valence-corrected chi connectivity index (χ0v) is 19.3. The molecule has 0 aliphatic heterocycles. The standard InChI is InChI=1S/C22H18Cl2N4O3S/c1-3-8-28-21(19-10-13-9-14(23)4-6-17(13)31-19)26-27-22(28)32-12-20(29)25-16-11-15(24)5-7-18(16)30-2/h3-7,9-11H,1,8,12H2,2H3,(H,25,29). The number of hydrogen-bond acceptors (Lipinski definition) is 6. The van der Waals surface area contributed by atoms with E-state index in [4.69, 9.17) is 32.4 Å². The third-order valence-corrected chi connectivity index (χ3v) is 5.93. The summed E-state index contributed by atoms with van der Waals surface area (Å²) < 4.78 is 13.0. The molecule has 10 heteroatoms. The molecule has 2 aromatic heterocycles. The van der Waals surface area contributed by atoms with Crippen molar-refractivity contribution in [1.29, 1.82) is 0 Å². The highest BCUT2D eigenvalue weighted by Gasteiger charge is 2.19. The van der Waals surface area contributed by atoms with Crippen LogP contribution in [0.5, 0.6) is 5.75 Å². The van der Waals surface area contributed by atoms with Crippen LogP contribution in [0.1, 0.15) is 0 Å². The van der Waals surface area contributed by atoms with E-state index in [1.807, 2.05) is 16.7 Å². The third-order valence-electron chi connectivity index (χ3n) is 4.50. The first-order valence-electron chi connectivity index (χ1n) is 9.48. The molecule has 2 heterocycles. The summed E-state index contributed by atoms with van der Waals surface area (Å²) in [5, 5.41) is 13.9. The summed E-state index contributed by atoms with van der Waals surface area (Å²) >= 11 is 13.3. The Labute approximate surface area is 198 Å². The number of allylic oxidation sites excluding steroid dienone is 1. The van der Waals surface area contributed by atoms with Crippen LogP contribution in [-0.4, -0.2) is 33.5 Å². The van der Waals surface area contributed by atoms with Crippen LogP contribution in [0.25, 0.3) is 22.6 Å². The van der Waals surface area contributed by atoms with Crippen molar-refractivity contribution < 1.29 is 13.9 Å². The summed E-state index contributed by atoms with van der Waals surface area (Å²) in [6.07, 6.45) is 1.73. The summed E-state index contributed by atoms with van der Waals surface area (Å²) in [5.74, 6) is 1.49. The van der Waals surface area contributed by atoms with Crippen LogP contribution >= 0.6 is 35.0 Å². The van der Waals surface area contributed by atoms with Gasteiger partial charge in [-0.25, -0.2) is 0 Å². The van der Waals surface area contributed by atoms with Crippen LogP contribution in [0.2, 0.25) is 10.0 Å². The van der Waals surface area contributed by atoms with Crippen molar-refractivity contribution in [2.24, 2.45) is 0 Å². The number of benzene rings is 2. The number of nitrogens with zero attached hydrogens (tertiary/aromatic N) is 3. The Hall–Kier alpha value is -2.94. The fourth-order valence-electron chi connectivity index (χ4n) is 3.09. The van der Waals surface area contributed by atoms with E-state index in [0.717, 1.165) is 5.39 Å². The average Bonchev–Trinajstić information content (AvgIpc) is 3.36. The van der Waals surface area contributed by atoms with Gasteiger partial charge in [0, 0.05) is 22.0 Å². The second-order valence-electron chi connectivity index (χ2n) is 6.68. The Morgan fingerprint density at radius 1 is 1.22 bits per heavy atom. The molecule has 2 aromatic carbocycles. The number of anilines is 1. The maximum absolute atomic E-state index is 12.5. The lowest BCUT2D eigenvalue weighted by Crippen LogP contribution is -2.15. The molecule has 4 aromatic rings. The molecule has 0 radical (unpaired) electrons. The summed E-state index contributed by atoms with van der Waals surface area (Å²) in [5.41, 5.74) is 1.20. The molecule has 164 valence electrons. The zero-order valence-electron chi connectivity index (χ0n) is 17.0. The van der Waals surface area contributed by atoms with E-state index < -0.39 is 0 Å². The number of halogens is 2. The Bertz CT molecular complexity index is 1300. The molecule has 0 aliphatic carbocycles. The molecule has 0 unspecified atom stereocenters. The second kappa shape index (κ2) is 9.68. The van der Waals surface area contributed by atoms with E-state index in [9.17, 15) is 4.79 Å². The third kappa shape index (κ3) is 4.77. The van der Waals surface area contributed by atoms with E-state index in [2.05, 4.69) is 22.1 Å². The largest absolute Gasteiger partial charge is 0.495 e. The first-order chi connectivity index (χ1) is 15.5. The van der Waals surface area contributed by atoms with Crippen LogP contribution in [-0.2, 0) is 11.3 Å². The number of nitrogens with one attached hydrogen (secondary N) is 1. The van der Waals surface area contributed by atoms with Crippen molar-refractivity contribution in [3.63, 3.8) is 0 Å². The number of ether oxygens (including phenoxy) is 1. The number of thioether (sulfide) groups is 1. The molecular weight excluding hydrogens is 471 g/mol. The van der Waals surface area contributed by atoms with Gasteiger partial charge in [0.2, 0.25) is 11.7 Å². The number of furan rings is 1. The van der Waals surface area contributed by atoms with Crippen molar-refractivity contribution in [2.45, 2.75) is 11.7 Å². The molecule has 32 heavy (non-hydrogen) atoms. The maximum Gasteiger partial charge on any atom is 0.234 e. The molecule has 7 nitrogen and oxygen atoms in total. The van der Waals surface area contributed by atoms with E-state index in [0.29, 0.717) is 50.4 Å². The lowest BCUT2D eigenvalue weighted by Gasteiger charge is -2.10. The lowest BCUT2D eigenvalue weighted by molar-refractivity contribution is -0.113. The smallest absolute Gasteiger partial charge is 0.234 e. The molecule has 1 amide bonds. The number of carbonyl (C=O) groups excluding carboxylic acids is 1. The van der Waals surface area contributed by atoms with Gasteiger partial charge in [-0.05, 0) is 42.5 Å². The Balaban J connectivity index is 1.53. The topological polar surface area (TPSA) is 82.2 Å². The summed E-state index contributed by atoms with van der Waals surface area (Å²) in [6.45, 7) is 4.26. The van der Waals surface area contributed by atoms with Gasteiger partial charge in [-0.3, -0.25) is 9.36 Å². The fraction of sp³-hybridized carbons (Fsp3) is 0.136. The Morgan fingerprint density at radius 3 is 2.78 bits per heavy atom. The van der Waals surface area contributed by atoms with E-state index >= 15 is 0 Å². The molecular formula is C22H18Cl2N4O3S. The van der Waals surface area contributed by atoms with Gasteiger partial charge in [-0.1, -0.05) is 41.0 Å². The first-order valence-corrected chi connectivity index (χ1v) is 11.2. The van der Waals surface area contributed by atoms with Gasteiger partial charge in [0.1, 0.15) is 11.3 Å². The summed E-state index contributed by atoms with van der Waals surface area (Å²) in [7, 11) is 1.53. The molecule has 0 fully saturated rings. The molecule has 0 spiro atoms. The van der Waals surface area contributed by atoms with Crippen molar-refractivity contribution in [2.75, 3.05) is 18.2 Å². The number of fused-ring (bicyclic) bond motifs is 1. The molecule has 0 bridgehead atoms. The van der Waals surface area contributed by atoms with Gasteiger partial charge >= 0.3 is 0 Å². The van der Waals surface area contributed by atoms with E-state index in [1.54, 1.807) is 36.4 Å². The maximum atomic E-state index is 12.5. The van der Waals surface area contributed by atoms with Crippen LogP contribution in [0, 0.1) is 0 Å². The second-order valence-corrected chi connectivity index (χ2v) is 8.50. The highest BCUT2D eigenvalue weighted by atomic mass is 35.5. The monoisotopic (exact) mass is 488 g/mol. The number of hydrogen-bond donors (Lipinski definition) is 1. The number of carbonyl (C=O) groups is 1. The lowest BCUT2D eigenvalue weighted by atomic mass is 10.2. The van der Waals surface area contributed by atoms with Crippen molar-refractivity contribution >= 4 is 57.5 Å². The van der Waals surface area contributed by atoms with Crippen molar-refractivity contribution in [3.05, 3.63) is 65.2 Å². The predicted octanol–water partition coefficient (Wildman–Crippen LogP) is 5.92. The molecule has 0 saturated carbocycles. The van der Waals surface area contributed by atoms with Crippen LogP contribution < -0.4 is 10.1 Å². The quantitative estimate of drug-likeness (QED) is 0.244. The van der Waals surface area contributed by atoms with Crippen LogP contribution in [0.15, 0.2) is 64.7 Å². The number of aromatic nitrogens is 3. The van der Waals surface area contributed by atoms with Crippen molar-refractivity contribution in [1.82, 2.24) is 14.8 Å². The normalized spacial score (nSPS) is 11.0. The molecule has 0 atom stereocenters. The van der Waals surface area contributed by atoms with Crippen LogP contribution in [0.4, 0.5) is 5.69 Å². The highest BCUT2D eigenvalue weighted by Crippen LogP contribution is 2.31. The number of methoxy groups -OCH3 is 1. The van der Waals surface area contributed by atoms with Gasteiger partial charge in [-0.2, -0.15) is 0 Å². The van der Waals surface area contributed by atoms with Crippen molar-refractivity contribution in [3.8, 4) is 17.3 Å². The number of rotatable bonds is 8. The van der Waals surface area contributed by atoms with E-state index in [1.165, 1.54) is 18.9 Å². The Kier molecular flexibility index (Phi) is 6.74. The van der Waals surface area contributed by atoms with Gasteiger partial charge < -0.3 is 14.5 Å². The summed E-state index contributed by atoms with van der Waals surface area (Å²) in [6, 6.07) is 12.3. The molecule has 4 rings (SSSR count). The minimum atomic E-state index is -0.233. The van der Waals surface area contributed by atoms with Gasteiger partial charge in [0.05, 0.1) is 18.6 Å². The fourth-order valence-corrected chi connectivity index (χ4v) is 4.19. The number of amides is 1. The van der Waals surface area contributed by atoms with E-state index in [-0.39, 0.29) is 11.7 Å². The molecule has 0 aliphatic rings. The molecule has 1 N–H and O–H groups in total. The first kappa shape index (κ1) is 22.3. The predicted molar refractivity (Wildman–Crippen MR) is 128 cm³/mol. The minimum absolute atomic E-state index is 0.112. The van der Waals surface area contributed by atoms with Gasteiger partial charge in [0.25, 0.3) is 0 Å². The van der Waals surface area contributed by atoms with Gasteiger partial charge in [-0.15, -0.1) is 16.8 Å². The minimum Gasteiger partial charge on any atom is -0.495 e. The average molecular weight is 489 g/mol. The Morgan fingerprint density at radius 2 is 2.00 bits per heavy atom. The van der Waals surface area contributed by atoms with Crippen LogP contribution in [0.3, 0.4) is 0 Å². The highest BCUT2D eigenvalue weighted by molar-refractivity contribution is 7.99.